The first-order chi connectivity index (χ1) is 20.0. The SMILES string of the molecule is COc1ccc(S(=O)(=O)N(CCO)CCO[C@H]2C[C@@H](C(C)C)C=C(C(=O)NCCNc3ccc([N+](=O)[O-])cn3)O2)cc1. The van der Waals surface area contributed by atoms with E-state index in [4.69, 9.17) is 14.2 Å². The summed E-state index contributed by atoms with van der Waals surface area (Å²) >= 11 is 0. The molecule has 3 N–H and O–H groups in total. The third kappa shape index (κ3) is 9.11. The summed E-state index contributed by atoms with van der Waals surface area (Å²) in [6.45, 7) is 4.05. The number of nitrogens with one attached hydrogen (secondary N) is 2. The molecule has 0 spiro atoms. The smallest absolute Gasteiger partial charge is 0.287 e. The fourth-order valence-electron chi connectivity index (χ4n) is 4.11. The molecule has 0 saturated heterocycles. The highest BCUT2D eigenvalue weighted by Crippen LogP contribution is 2.29. The Morgan fingerprint density at radius 1 is 1.21 bits per heavy atom. The molecule has 1 aromatic carbocycles. The Kier molecular flexibility index (Phi) is 12.0. The number of carbonyl (C=O) groups is 1. The molecule has 0 unspecified atom stereocenters. The average molecular weight is 608 g/mol. The minimum Gasteiger partial charge on any atom is -0.497 e. The van der Waals surface area contributed by atoms with Gasteiger partial charge in [0.2, 0.25) is 16.3 Å². The van der Waals surface area contributed by atoms with Crippen LogP contribution in [-0.4, -0.2) is 86.4 Å². The number of rotatable bonds is 16. The van der Waals surface area contributed by atoms with Crippen molar-refractivity contribution in [3.05, 3.63) is 64.5 Å². The number of hydrogen-bond donors (Lipinski definition) is 3. The fourth-order valence-corrected chi connectivity index (χ4v) is 5.52. The molecule has 0 aliphatic carbocycles. The van der Waals surface area contributed by atoms with Gasteiger partial charge in [0.25, 0.3) is 11.6 Å². The molecule has 0 fully saturated rings. The lowest BCUT2D eigenvalue weighted by atomic mass is 9.90. The number of methoxy groups -OCH3 is 1. The van der Waals surface area contributed by atoms with Gasteiger partial charge in [-0.05, 0) is 48.2 Å². The number of ether oxygens (including phenoxy) is 3. The molecule has 15 heteroatoms. The zero-order valence-corrected chi connectivity index (χ0v) is 24.6. The number of allylic oxidation sites excluding steroid dienone is 1. The van der Waals surface area contributed by atoms with Crippen LogP contribution in [0.3, 0.4) is 0 Å². The van der Waals surface area contributed by atoms with Crippen molar-refractivity contribution in [3.8, 4) is 5.75 Å². The first-order valence-electron chi connectivity index (χ1n) is 13.4. The topological polar surface area (TPSA) is 182 Å². The van der Waals surface area contributed by atoms with Gasteiger partial charge in [0.05, 0.1) is 30.1 Å². The Bertz CT molecular complexity index is 1320. The van der Waals surface area contributed by atoms with Crippen LogP contribution < -0.4 is 15.4 Å². The molecule has 230 valence electrons. The number of hydrogen-bond acceptors (Lipinski definition) is 11. The minimum absolute atomic E-state index is 0.0106. The van der Waals surface area contributed by atoms with Gasteiger partial charge in [-0.25, -0.2) is 13.4 Å². The summed E-state index contributed by atoms with van der Waals surface area (Å²) in [5, 5.41) is 26.0. The van der Waals surface area contributed by atoms with Crippen LogP contribution in [0.4, 0.5) is 11.5 Å². The third-order valence-corrected chi connectivity index (χ3v) is 8.45. The van der Waals surface area contributed by atoms with E-state index in [1.165, 1.54) is 31.4 Å². The van der Waals surface area contributed by atoms with Crippen LogP contribution >= 0.6 is 0 Å². The summed E-state index contributed by atoms with van der Waals surface area (Å²) in [5.41, 5.74) is -0.119. The lowest BCUT2D eigenvalue weighted by molar-refractivity contribution is -0.385. The van der Waals surface area contributed by atoms with Crippen molar-refractivity contribution in [1.29, 1.82) is 0 Å². The van der Waals surface area contributed by atoms with Crippen LogP contribution in [0.15, 0.2) is 59.3 Å². The quantitative estimate of drug-likeness (QED) is 0.144. The molecule has 2 aromatic rings. The zero-order valence-electron chi connectivity index (χ0n) is 23.8. The van der Waals surface area contributed by atoms with E-state index in [0.717, 1.165) is 10.5 Å². The maximum atomic E-state index is 13.1. The van der Waals surface area contributed by atoms with E-state index in [1.54, 1.807) is 18.2 Å². The van der Waals surface area contributed by atoms with Gasteiger partial charge in [-0.1, -0.05) is 13.8 Å². The number of pyridine rings is 1. The summed E-state index contributed by atoms with van der Waals surface area (Å²) in [6.07, 6.45) is 2.61. The molecule has 0 bridgehead atoms. The normalized spacial score (nSPS) is 17.0. The monoisotopic (exact) mass is 607 g/mol. The number of carbonyl (C=O) groups excluding carboxylic acids is 1. The maximum absolute atomic E-state index is 13.1. The summed E-state index contributed by atoms with van der Waals surface area (Å²) in [7, 11) is -2.41. The number of aliphatic hydroxyl groups excluding tert-OH is 1. The van der Waals surface area contributed by atoms with E-state index in [-0.39, 0.29) is 61.0 Å². The van der Waals surface area contributed by atoms with E-state index in [9.17, 15) is 28.4 Å². The van der Waals surface area contributed by atoms with Crippen molar-refractivity contribution in [2.75, 3.05) is 51.8 Å². The highest BCUT2D eigenvalue weighted by Gasteiger charge is 2.30. The van der Waals surface area contributed by atoms with E-state index >= 15 is 0 Å². The largest absolute Gasteiger partial charge is 0.497 e. The van der Waals surface area contributed by atoms with Crippen LogP contribution in [0.25, 0.3) is 0 Å². The van der Waals surface area contributed by atoms with Crippen molar-refractivity contribution in [2.45, 2.75) is 31.5 Å². The molecule has 1 amide bonds. The van der Waals surface area contributed by atoms with Crippen LogP contribution in [0.1, 0.15) is 20.3 Å². The van der Waals surface area contributed by atoms with Gasteiger partial charge in [0.15, 0.2) is 5.76 Å². The molecule has 1 aliphatic heterocycles. The standard InChI is InChI=1S/C27H37N5O9S/c1-19(2)20-16-24(27(34)29-11-10-28-25-9-4-21(18-30-25)32(35)36)41-26(17-20)40-15-13-31(12-14-33)42(37,38)23-7-5-22(39-3)6-8-23/h4-9,16,18-20,26,33H,10-15,17H2,1-3H3,(H,28,30)(H,29,34)/t20-,26+/m0/s1. The molecule has 42 heavy (non-hydrogen) atoms. The molecule has 1 aromatic heterocycles. The fraction of sp³-hybridized carbons (Fsp3) is 0.481. The summed E-state index contributed by atoms with van der Waals surface area (Å²) in [6, 6.07) is 8.77. The average Bonchev–Trinajstić information content (AvgIpc) is 2.98. The number of amides is 1. The molecular weight excluding hydrogens is 570 g/mol. The van der Waals surface area contributed by atoms with E-state index in [0.29, 0.717) is 24.5 Å². The minimum atomic E-state index is -3.90. The van der Waals surface area contributed by atoms with Gasteiger partial charge in [0.1, 0.15) is 17.8 Å². The molecular formula is C27H37N5O9S. The molecule has 2 atom stereocenters. The number of benzene rings is 1. The second kappa shape index (κ2) is 15.4. The van der Waals surface area contributed by atoms with Crippen LogP contribution in [0, 0.1) is 22.0 Å². The Morgan fingerprint density at radius 2 is 1.95 bits per heavy atom. The molecule has 3 rings (SSSR count). The van der Waals surface area contributed by atoms with Crippen LogP contribution in [0.5, 0.6) is 5.75 Å². The second-order valence-electron chi connectivity index (χ2n) is 9.74. The van der Waals surface area contributed by atoms with Crippen molar-refractivity contribution in [3.63, 3.8) is 0 Å². The van der Waals surface area contributed by atoms with Crippen molar-refractivity contribution in [1.82, 2.24) is 14.6 Å². The summed E-state index contributed by atoms with van der Waals surface area (Å²) < 4.78 is 44.2. The van der Waals surface area contributed by atoms with Crippen molar-refractivity contribution >= 4 is 27.4 Å². The number of nitrogens with zero attached hydrogens (tertiary/aromatic N) is 3. The van der Waals surface area contributed by atoms with E-state index in [1.807, 2.05) is 13.8 Å². The molecule has 1 aliphatic rings. The number of aliphatic hydroxyl groups is 1. The number of sulfonamides is 1. The predicted molar refractivity (Wildman–Crippen MR) is 153 cm³/mol. The van der Waals surface area contributed by atoms with Crippen LogP contribution in [-0.2, 0) is 24.3 Å². The Morgan fingerprint density at radius 3 is 2.55 bits per heavy atom. The first-order valence-corrected chi connectivity index (χ1v) is 14.9. The maximum Gasteiger partial charge on any atom is 0.287 e. The van der Waals surface area contributed by atoms with Gasteiger partial charge < -0.3 is 30.0 Å². The highest BCUT2D eigenvalue weighted by molar-refractivity contribution is 7.89. The number of anilines is 1. The lowest BCUT2D eigenvalue weighted by Crippen LogP contribution is -2.39. The zero-order chi connectivity index (χ0) is 30.7. The second-order valence-corrected chi connectivity index (χ2v) is 11.7. The van der Waals surface area contributed by atoms with Crippen molar-refractivity contribution < 1.29 is 37.5 Å². The molecule has 14 nitrogen and oxygen atoms in total. The van der Waals surface area contributed by atoms with Gasteiger partial charge in [-0.3, -0.25) is 14.9 Å². The number of aromatic nitrogens is 1. The lowest BCUT2D eigenvalue weighted by Gasteiger charge is -2.31. The number of nitro groups is 1. The van der Waals surface area contributed by atoms with Crippen molar-refractivity contribution in [2.24, 2.45) is 11.8 Å². The Balaban J connectivity index is 1.54. The molecule has 0 saturated carbocycles. The van der Waals surface area contributed by atoms with Gasteiger partial charge in [0, 0.05) is 38.7 Å². The first kappa shape index (κ1) is 32.7. The third-order valence-electron chi connectivity index (χ3n) is 6.53. The van der Waals surface area contributed by atoms with E-state index in [2.05, 4.69) is 15.6 Å². The molecule has 2 heterocycles. The van der Waals surface area contributed by atoms with Gasteiger partial charge >= 0.3 is 0 Å². The van der Waals surface area contributed by atoms with Crippen LogP contribution in [0.2, 0.25) is 0 Å². The Hall–Kier alpha value is -3.79. The Labute approximate surface area is 244 Å². The van der Waals surface area contributed by atoms with Gasteiger partial charge in [-0.2, -0.15) is 4.31 Å². The predicted octanol–water partition coefficient (Wildman–Crippen LogP) is 2.13. The highest BCUT2D eigenvalue weighted by atomic mass is 32.2. The van der Waals surface area contributed by atoms with Gasteiger partial charge in [-0.15, -0.1) is 0 Å². The summed E-state index contributed by atoms with van der Waals surface area (Å²) in [4.78, 5) is 27.1. The molecule has 0 radical (unpaired) electrons. The van der Waals surface area contributed by atoms with E-state index < -0.39 is 27.1 Å². The summed E-state index contributed by atoms with van der Waals surface area (Å²) in [5.74, 6) is 0.807.